The number of hydrogen-bond acceptors (Lipinski definition) is 18. The molecule has 5 rings (SSSR count). The molecule has 3 aliphatic heterocycles. The maximum Gasteiger partial charge on any atom is 0.341 e. The number of pyridine rings is 1. The van der Waals surface area contributed by atoms with Crippen molar-refractivity contribution in [1.29, 1.82) is 0 Å². The van der Waals surface area contributed by atoms with Crippen molar-refractivity contribution in [2.75, 3.05) is 47.9 Å². The summed E-state index contributed by atoms with van der Waals surface area (Å²) in [6, 6.07) is 4.61. The van der Waals surface area contributed by atoms with Crippen LogP contribution in [0.4, 0.5) is 0 Å². The van der Waals surface area contributed by atoms with Gasteiger partial charge in [-0.25, -0.2) is 4.79 Å². The van der Waals surface area contributed by atoms with Crippen LogP contribution in [0.25, 0.3) is 10.9 Å². The number of fused-ring (bicyclic) bond motifs is 1. The molecule has 0 radical (unpaired) electrons. The number of nitrogens with zero attached hydrogens (tertiary/aromatic N) is 3. The molecule has 6 N–H and O–H groups in total. The van der Waals surface area contributed by atoms with E-state index in [1.54, 1.807) is 59.1 Å². The van der Waals surface area contributed by atoms with Gasteiger partial charge in [-0.05, 0) is 139 Å². The predicted octanol–water partition coefficient (Wildman–Crippen LogP) is 4.10. The van der Waals surface area contributed by atoms with Gasteiger partial charge in [-0.1, -0.05) is 26.8 Å². The molecule has 76 heavy (non-hydrogen) atoms. The first-order valence-electron chi connectivity index (χ1n) is 27.4. The smallest absolute Gasteiger partial charge is 0.341 e. The molecule has 0 aliphatic carbocycles. The van der Waals surface area contributed by atoms with Gasteiger partial charge in [0.2, 0.25) is 5.43 Å². The Balaban J connectivity index is 1.34. The molecule has 432 valence electrons. The first kappa shape index (κ1) is 63.2. The highest BCUT2D eigenvalue weighted by atomic mass is 16.7. The molecule has 0 bridgehead atoms. The van der Waals surface area contributed by atoms with Crippen LogP contribution in [0, 0.1) is 17.8 Å². The Bertz CT molecular complexity index is 2310. The van der Waals surface area contributed by atoms with Crippen molar-refractivity contribution < 1.29 is 73.1 Å². The predicted molar refractivity (Wildman–Crippen MR) is 285 cm³/mol. The number of aryl methyl sites for hydroxylation is 2. The molecule has 0 spiro atoms. The van der Waals surface area contributed by atoms with E-state index >= 15 is 0 Å². The van der Waals surface area contributed by atoms with Gasteiger partial charge in [0.15, 0.2) is 18.7 Å². The average molecular weight is 1080 g/mol. The number of carboxylic acids is 1. The maximum atomic E-state index is 14.6. The second-order valence-corrected chi connectivity index (χ2v) is 23.0. The van der Waals surface area contributed by atoms with E-state index in [0.717, 1.165) is 5.56 Å². The maximum absolute atomic E-state index is 14.6. The fourth-order valence-corrected chi connectivity index (χ4v) is 11.9. The van der Waals surface area contributed by atoms with Gasteiger partial charge < -0.3 is 78.4 Å². The van der Waals surface area contributed by atoms with Crippen molar-refractivity contribution in [3.63, 3.8) is 0 Å². The number of benzene rings is 1. The number of rotatable bonds is 17. The van der Waals surface area contributed by atoms with Gasteiger partial charge in [0, 0.05) is 62.7 Å². The van der Waals surface area contributed by atoms with Crippen LogP contribution in [0.5, 0.6) is 0 Å². The summed E-state index contributed by atoms with van der Waals surface area (Å²) in [5.41, 5.74) is -3.87. The number of aromatic nitrogens is 1. The quantitative estimate of drug-likeness (QED) is 0.0963. The summed E-state index contributed by atoms with van der Waals surface area (Å²) in [5, 5.41) is 61.3. The second kappa shape index (κ2) is 26.5. The number of carboxylic acid groups (broad SMARTS) is 1. The lowest BCUT2D eigenvalue weighted by atomic mass is 9.77. The molecule has 3 aliphatic rings. The van der Waals surface area contributed by atoms with Crippen molar-refractivity contribution >= 4 is 28.8 Å². The molecule has 0 saturated carbocycles. The van der Waals surface area contributed by atoms with Gasteiger partial charge in [-0.15, -0.1) is 0 Å². The Kier molecular flexibility index (Phi) is 22.1. The van der Waals surface area contributed by atoms with Gasteiger partial charge in [-0.3, -0.25) is 14.4 Å². The lowest BCUT2D eigenvalue weighted by Gasteiger charge is -2.49. The van der Waals surface area contributed by atoms with Crippen molar-refractivity contribution in [1.82, 2.24) is 19.7 Å². The minimum Gasteiger partial charge on any atom is -0.477 e. The number of ether oxygens (including phenoxy) is 7. The van der Waals surface area contributed by atoms with Crippen molar-refractivity contribution in [2.24, 2.45) is 17.8 Å². The summed E-state index contributed by atoms with van der Waals surface area (Å²) < 4.78 is 46.6. The largest absolute Gasteiger partial charge is 0.477 e. The number of aliphatic hydroxyl groups is 4. The lowest BCUT2D eigenvalue weighted by Crippen LogP contribution is -2.61. The molecule has 0 amide bonds. The number of esters is 2. The highest BCUT2D eigenvalue weighted by Gasteiger charge is 2.54. The summed E-state index contributed by atoms with van der Waals surface area (Å²) >= 11 is 0. The van der Waals surface area contributed by atoms with E-state index in [1.807, 2.05) is 63.8 Å². The van der Waals surface area contributed by atoms with E-state index in [2.05, 4.69) is 5.32 Å². The SMILES string of the molecule is CC[C@@H]1OC(=O)[C@H](C)[C@H](O[C@@H]2C[C@](C)(OC)[C@H](OC(=O)CCNCCCc3ccc4c(c3)c(=O)c(C(=O)O)cn4CC)[C@H](C)O2)[C@@H](C)[C@H](O[C@@H]2O[C@H](C)C[C@H](N(C)C)[C@@H]2O)[C@](C)(O)C[C@H](C)CN(C)[C@H](C)[C@@H](O)[C@]1(C)O. The van der Waals surface area contributed by atoms with Crippen LogP contribution in [-0.2, 0) is 55.7 Å². The molecular formula is C56H92N4O16. The van der Waals surface area contributed by atoms with E-state index in [4.69, 9.17) is 33.2 Å². The summed E-state index contributed by atoms with van der Waals surface area (Å²) in [6.45, 7) is 21.2. The zero-order chi connectivity index (χ0) is 56.8. The molecule has 4 heterocycles. The van der Waals surface area contributed by atoms with Crippen LogP contribution in [0.15, 0.2) is 29.2 Å². The molecular weight excluding hydrogens is 985 g/mol. The van der Waals surface area contributed by atoms with Crippen LogP contribution in [0.1, 0.15) is 131 Å². The fourth-order valence-electron chi connectivity index (χ4n) is 11.9. The van der Waals surface area contributed by atoms with E-state index < -0.39 is 113 Å². The standard InChI is InChI=1S/C56H92N4O16/c1-16-42-56(11,69)48(64)35(7)59(14)29-31(3)27-54(9,68)49(76-53-46(63)41(58(12)13)25-32(4)71-53)33(5)47(34(6)52(67)73-42)75-44-28-55(10,70-15)50(36(8)72-44)74-43(61)22-24-57-23-18-19-37-20-21-40-38(26-37)45(62)39(51(65)66)30-60(40)17-2/h20-21,26,30-36,41-42,44,46-50,53,57,63-64,68-69H,16-19,22-25,27-29H2,1-15H3,(H,65,66)/t31-,32+,33+,34+,35+,36-,41-,42-,44+,46-,47+,48+,49-,50+,53-,54+,55-,56+/m0/s1. The van der Waals surface area contributed by atoms with E-state index in [9.17, 15) is 44.7 Å². The number of nitrogens with one attached hydrogen (secondary N) is 1. The molecule has 2 aromatic rings. The normalized spacial score (nSPS) is 37.6. The first-order valence-corrected chi connectivity index (χ1v) is 27.4. The highest BCUT2D eigenvalue weighted by molar-refractivity contribution is 5.92. The number of aromatic carboxylic acids is 1. The number of carbonyl (C=O) groups excluding carboxylic acids is 2. The molecule has 3 fully saturated rings. The Morgan fingerprint density at radius 3 is 2.25 bits per heavy atom. The van der Waals surface area contributed by atoms with E-state index in [-0.39, 0.29) is 49.3 Å². The van der Waals surface area contributed by atoms with Gasteiger partial charge in [0.25, 0.3) is 0 Å². The zero-order valence-electron chi connectivity index (χ0n) is 47.8. The van der Waals surface area contributed by atoms with Crippen LogP contribution in [0.3, 0.4) is 0 Å². The monoisotopic (exact) mass is 1080 g/mol. The highest BCUT2D eigenvalue weighted by Crippen LogP contribution is 2.41. The third-order valence-electron chi connectivity index (χ3n) is 16.5. The Labute approximate surface area is 449 Å². The molecule has 18 atom stereocenters. The minimum absolute atomic E-state index is 0.0396. The summed E-state index contributed by atoms with van der Waals surface area (Å²) in [5.74, 6) is -4.62. The van der Waals surface area contributed by atoms with Crippen LogP contribution in [-0.4, -0.2) is 196 Å². The number of cyclic esters (lactones) is 1. The van der Waals surface area contributed by atoms with Gasteiger partial charge in [0.05, 0.1) is 47.9 Å². The molecule has 20 nitrogen and oxygen atoms in total. The third kappa shape index (κ3) is 14.8. The molecule has 20 heteroatoms. The van der Waals surface area contributed by atoms with Crippen LogP contribution in [0.2, 0.25) is 0 Å². The molecule has 1 aromatic heterocycles. The number of aliphatic hydroxyl groups excluding tert-OH is 2. The number of methoxy groups -OCH3 is 1. The van der Waals surface area contributed by atoms with Crippen molar-refractivity contribution in [3.8, 4) is 0 Å². The Morgan fingerprint density at radius 1 is 0.947 bits per heavy atom. The second-order valence-electron chi connectivity index (χ2n) is 23.0. The van der Waals surface area contributed by atoms with E-state index in [1.165, 1.54) is 20.2 Å². The molecule has 3 saturated heterocycles. The van der Waals surface area contributed by atoms with Crippen molar-refractivity contribution in [2.45, 2.75) is 218 Å². The first-order chi connectivity index (χ1) is 35.5. The van der Waals surface area contributed by atoms with Crippen molar-refractivity contribution in [3.05, 3.63) is 45.7 Å². The summed E-state index contributed by atoms with van der Waals surface area (Å²) in [4.78, 5) is 56.6. The third-order valence-corrected chi connectivity index (χ3v) is 16.5. The fraction of sp³-hybridized carbons (Fsp3) is 0.786. The lowest BCUT2D eigenvalue weighted by molar-refractivity contribution is -0.318. The number of hydrogen-bond donors (Lipinski definition) is 6. The van der Waals surface area contributed by atoms with Gasteiger partial charge in [0.1, 0.15) is 35.1 Å². The Morgan fingerprint density at radius 2 is 1.63 bits per heavy atom. The summed E-state index contributed by atoms with van der Waals surface area (Å²) in [6.07, 6.45) is -6.33. The zero-order valence-corrected chi connectivity index (χ0v) is 47.8. The van der Waals surface area contributed by atoms with Crippen LogP contribution < -0.4 is 10.7 Å². The van der Waals surface area contributed by atoms with E-state index in [0.29, 0.717) is 56.3 Å². The van der Waals surface area contributed by atoms with Gasteiger partial charge >= 0.3 is 17.9 Å². The molecule has 1 aromatic carbocycles. The number of likely N-dealkylation sites (N-methyl/N-ethyl adjacent to an activating group) is 2. The minimum atomic E-state index is -1.86. The number of carbonyl (C=O) groups is 3. The van der Waals surface area contributed by atoms with Gasteiger partial charge in [-0.2, -0.15) is 0 Å². The average Bonchev–Trinajstić information content (AvgIpc) is 3.35. The topological polar surface area (TPSA) is 257 Å². The summed E-state index contributed by atoms with van der Waals surface area (Å²) in [7, 11) is 7.08. The molecule has 0 unspecified atom stereocenters. The van der Waals surface area contributed by atoms with Crippen LogP contribution >= 0.6 is 0 Å². The Hall–Kier alpha value is -3.64.